The molecule has 29 heavy (non-hydrogen) atoms. The van der Waals surface area contributed by atoms with Crippen LogP contribution in [0.25, 0.3) is 11.1 Å². The van der Waals surface area contributed by atoms with Gasteiger partial charge in [-0.3, -0.25) is 4.39 Å². The van der Waals surface area contributed by atoms with E-state index < -0.39 is 0 Å². The lowest BCUT2D eigenvalue weighted by molar-refractivity contribution is 0.448. The highest BCUT2D eigenvalue weighted by molar-refractivity contribution is 5.98. The van der Waals surface area contributed by atoms with Gasteiger partial charge in [0.25, 0.3) is 0 Å². The lowest BCUT2D eigenvalue weighted by Crippen LogP contribution is -2.39. The van der Waals surface area contributed by atoms with Crippen LogP contribution < -0.4 is 5.32 Å². The van der Waals surface area contributed by atoms with E-state index in [1.54, 1.807) is 12.1 Å². The van der Waals surface area contributed by atoms with Gasteiger partial charge >= 0.3 is 0 Å². The number of rotatable bonds is 7. The zero-order valence-electron chi connectivity index (χ0n) is 16.4. The number of benzene rings is 3. The summed E-state index contributed by atoms with van der Waals surface area (Å²) >= 11 is 0. The molecule has 0 radical (unpaired) electrons. The molecule has 2 nitrogen and oxygen atoms in total. The highest BCUT2D eigenvalue weighted by Gasteiger charge is 2.19. The van der Waals surface area contributed by atoms with Gasteiger partial charge in [-0.2, -0.15) is 0 Å². The second-order valence-corrected chi connectivity index (χ2v) is 7.54. The molecule has 0 spiro atoms. The molecule has 3 aromatic rings. The fraction of sp³-hybridized carbons (Fsp3) is 0.231. The van der Waals surface area contributed by atoms with Crippen molar-refractivity contribution < 1.29 is 9.50 Å². The van der Waals surface area contributed by atoms with E-state index in [1.807, 2.05) is 30.3 Å². The van der Waals surface area contributed by atoms with E-state index in [9.17, 15) is 9.50 Å². The summed E-state index contributed by atoms with van der Waals surface area (Å²) < 4.78 is 13.1. The first-order valence-corrected chi connectivity index (χ1v) is 10.2. The maximum atomic E-state index is 13.1. The zero-order valence-corrected chi connectivity index (χ0v) is 16.4. The Morgan fingerprint density at radius 2 is 1.45 bits per heavy atom. The molecule has 0 amide bonds. The molecule has 1 aliphatic rings. The molecule has 0 unspecified atom stereocenters. The van der Waals surface area contributed by atoms with E-state index in [4.69, 9.17) is 0 Å². The summed E-state index contributed by atoms with van der Waals surface area (Å²) in [4.78, 5) is 0. The van der Waals surface area contributed by atoms with E-state index >= 15 is 0 Å². The normalized spacial score (nSPS) is 14.9. The number of alkyl halides is 1. The summed E-state index contributed by atoms with van der Waals surface area (Å²) in [5.41, 5.74) is 6.83. The Balaban J connectivity index is 1.85. The number of phenols is 1. The van der Waals surface area contributed by atoms with Crippen LogP contribution in [-0.2, 0) is 0 Å². The van der Waals surface area contributed by atoms with Crippen molar-refractivity contribution in [2.24, 2.45) is 0 Å². The molecule has 1 heterocycles. The maximum absolute atomic E-state index is 13.1. The molecule has 1 saturated heterocycles. The quantitative estimate of drug-likeness (QED) is 0.503. The smallest absolute Gasteiger partial charge is 0.115 e. The van der Waals surface area contributed by atoms with Gasteiger partial charge < -0.3 is 10.4 Å². The van der Waals surface area contributed by atoms with Crippen LogP contribution in [0, 0.1) is 0 Å². The first-order chi connectivity index (χ1) is 14.3. The molecule has 0 atom stereocenters. The van der Waals surface area contributed by atoms with Crippen molar-refractivity contribution in [3.63, 3.8) is 0 Å². The van der Waals surface area contributed by atoms with Crippen molar-refractivity contribution in [3.05, 3.63) is 101 Å². The Morgan fingerprint density at radius 3 is 2.00 bits per heavy atom. The van der Waals surface area contributed by atoms with Crippen LogP contribution in [0.3, 0.4) is 0 Å². The molecule has 3 aromatic carbocycles. The van der Waals surface area contributed by atoms with Crippen molar-refractivity contribution in [1.82, 2.24) is 5.32 Å². The number of hydrogen-bond acceptors (Lipinski definition) is 2. The number of nitrogens with one attached hydrogen (secondary N) is 1. The molecule has 2 N–H and O–H groups in total. The van der Waals surface area contributed by atoms with Gasteiger partial charge in [0.05, 0.1) is 6.67 Å². The van der Waals surface area contributed by atoms with Crippen molar-refractivity contribution in [1.29, 1.82) is 0 Å². The maximum Gasteiger partial charge on any atom is 0.115 e. The Bertz CT molecular complexity index is 958. The Kier molecular flexibility index (Phi) is 6.06. The summed E-state index contributed by atoms with van der Waals surface area (Å²) in [6.45, 7) is 1.73. The molecule has 0 aromatic heterocycles. The summed E-state index contributed by atoms with van der Waals surface area (Å²) in [5.74, 6) is 0.830. The van der Waals surface area contributed by atoms with E-state index in [0.717, 1.165) is 40.9 Å². The number of allylic oxidation sites excluding steroid dienone is 1. The fourth-order valence-corrected chi connectivity index (χ4v) is 3.89. The largest absolute Gasteiger partial charge is 0.508 e. The molecule has 0 bridgehead atoms. The first kappa shape index (κ1) is 19.4. The van der Waals surface area contributed by atoms with Crippen LogP contribution in [0.15, 0.2) is 78.9 Å². The zero-order chi connectivity index (χ0) is 20.1. The van der Waals surface area contributed by atoms with Gasteiger partial charge in [-0.1, -0.05) is 66.7 Å². The minimum atomic E-state index is -0.340. The third-order valence-electron chi connectivity index (χ3n) is 5.59. The number of phenolic OH excluding ortho intramolecular Hbond substituents is 1. The van der Waals surface area contributed by atoms with Crippen LogP contribution >= 0.6 is 0 Å². The van der Waals surface area contributed by atoms with E-state index in [-0.39, 0.29) is 12.4 Å². The SMILES string of the molecule is Oc1ccc(/C(=C(\CCCF)c2ccccc2)c2ccc(C3CNC3)cc2)cc1. The number of hydrogen-bond donors (Lipinski definition) is 2. The molecule has 3 heteroatoms. The highest BCUT2D eigenvalue weighted by Crippen LogP contribution is 2.36. The van der Waals surface area contributed by atoms with Crippen LogP contribution in [0.2, 0.25) is 0 Å². The van der Waals surface area contributed by atoms with Gasteiger partial charge in [-0.15, -0.1) is 0 Å². The van der Waals surface area contributed by atoms with Gasteiger partial charge in [0.1, 0.15) is 5.75 Å². The minimum Gasteiger partial charge on any atom is -0.508 e. The highest BCUT2D eigenvalue weighted by atomic mass is 19.1. The van der Waals surface area contributed by atoms with E-state index in [1.165, 1.54) is 5.56 Å². The van der Waals surface area contributed by atoms with Gasteiger partial charge in [0, 0.05) is 19.0 Å². The molecular formula is C26H26FNO. The van der Waals surface area contributed by atoms with Crippen molar-refractivity contribution >= 4 is 11.1 Å². The molecule has 1 aliphatic heterocycles. The van der Waals surface area contributed by atoms with Crippen LogP contribution in [0.1, 0.15) is 41.0 Å². The molecule has 148 valence electrons. The predicted octanol–water partition coefficient (Wildman–Crippen LogP) is 5.79. The second kappa shape index (κ2) is 9.06. The minimum absolute atomic E-state index is 0.242. The second-order valence-electron chi connectivity index (χ2n) is 7.54. The molecule has 4 rings (SSSR count). The Morgan fingerprint density at radius 1 is 0.828 bits per heavy atom. The third kappa shape index (κ3) is 4.41. The lowest BCUT2D eigenvalue weighted by atomic mass is 9.86. The molecular weight excluding hydrogens is 361 g/mol. The van der Waals surface area contributed by atoms with Gasteiger partial charge in [-0.05, 0) is 58.4 Å². The fourth-order valence-electron chi connectivity index (χ4n) is 3.89. The number of halogens is 1. The van der Waals surface area contributed by atoms with Crippen LogP contribution in [-0.4, -0.2) is 24.9 Å². The Labute approximate surface area is 171 Å². The number of aromatic hydroxyl groups is 1. The predicted molar refractivity (Wildman–Crippen MR) is 118 cm³/mol. The van der Waals surface area contributed by atoms with E-state index in [2.05, 4.69) is 41.7 Å². The van der Waals surface area contributed by atoms with Crippen molar-refractivity contribution in [2.45, 2.75) is 18.8 Å². The molecule has 0 aliphatic carbocycles. The summed E-state index contributed by atoms with van der Waals surface area (Å²) in [6, 6.07) is 26.3. The van der Waals surface area contributed by atoms with Crippen molar-refractivity contribution in [3.8, 4) is 5.75 Å². The van der Waals surface area contributed by atoms with Gasteiger partial charge in [-0.25, -0.2) is 0 Å². The first-order valence-electron chi connectivity index (χ1n) is 10.2. The lowest BCUT2D eigenvalue weighted by Gasteiger charge is -2.27. The topological polar surface area (TPSA) is 32.3 Å². The van der Waals surface area contributed by atoms with Crippen molar-refractivity contribution in [2.75, 3.05) is 19.8 Å². The molecule has 1 fully saturated rings. The average molecular weight is 387 g/mol. The van der Waals surface area contributed by atoms with E-state index in [0.29, 0.717) is 18.8 Å². The summed E-state index contributed by atoms with van der Waals surface area (Å²) in [7, 11) is 0. The summed E-state index contributed by atoms with van der Waals surface area (Å²) in [5, 5.41) is 13.1. The van der Waals surface area contributed by atoms with Crippen LogP contribution in [0.4, 0.5) is 4.39 Å². The van der Waals surface area contributed by atoms with Gasteiger partial charge in [0.2, 0.25) is 0 Å². The molecule has 0 saturated carbocycles. The average Bonchev–Trinajstić information content (AvgIpc) is 2.72. The third-order valence-corrected chi connectivity index (χ3v) is 5.59. The van der Waals surface area contributed by atoms with Crippen LogP contribution in [0.5, 0.6) is 5.75 Å². The Hall–Kier alpha value is -2.91. The summed E-state index contributed by atoms with van der Waals surface area (Å²) in [6.07, 6.45) is 1.14. The van der Waals surface area contributed by atoms with Gasteiger partial charge in [0.15, 0.2) is 0 Å². The standard InChI is InChI=1S/C26H26FNO/c27-16-4-7-25(20-5-2-1-3-6-20)26(22-12-14-24(29)15-13-22)21-10-8-19(9-11-21)23-17-28-18-23/h1-3,5-6,8-15,23,28-29H,4,7,16-18H2/b26-25+. The monoisotopic (exact) mass is 387 g/mol.